The molecule has 0 unspecified atom stereocenters. The molecule has 1 amide bonds. The Hall–Kier alpha value is -2.22. The van der Waals surface area contributed by atoms with Gasteiger partial charge in [-0.3, -0.25) is 10.1 Å². The standard InChI is InChI=1S/C20H27N3O3S/c1-14(2)23-27(25,26)19-12-10-18(11-13-19)22-20(24)16(4)21-15(3)17-8-6-5-7-9-17/h5-16,21,23H,1-4H3,(H,22,24)/t15-,16+/m0/s1. The van der Waals surface area contributed by atoms with Crippen molar-refractivity contribution in [3.63, 3.8) is 0 Å². The fourth-order valence-electron chi connectivity index (χ4n) is 2.63. The predicted molar refractivity (Wildman–Crippen MR) is 108 cm³/mol. The SMILES string of the molecule is CC(C)NS(=O)(=O)c1ccc(NC(=O)[C@@H](C)N[C@@H](C)c2ccccc2)cc1. The van der Waals surface area contributed by atoms with Crippen LogP contribution in [0.3, 0.4) is 0 Å². The Morgan fingerprint density at radius 2 is 1.48 bits per heavy atom. The molecule has 3 N–H and O–H groups in total. The maximum absolute atomic E-state index is 12.4. The minimum absolute atomic E-state index is 0.0292. The molecular formula is C20H27N3O3S. The summed E-state index contributed by atoms with van der Waals surface area (Å²) in [6.07, 6.45) is 0. The number of anilines is 1. The summed E-state index contributed by atoms with van der Waals surface area (Å²) in [6.45, 7) is 7.31. The van der Waals surface area contributed by atoms with Gasteiger partial charge in [0.05, 0.1) is 10.9 Å². The highest BCUT2D eigenvalue weighted by Gasteiger charge is 2.18. The number of carbonyl (C=O) groups excluding carboxylic acids is 1. The zero-order chi connectivity index (χ0) is 20.0. The first-order valence-corrected chi connectivity index (χ1v) is 10.4. The third kappa shape index (κ3) is 6.16. The fourth-order valence-corrected chi connectivity index (χ4v) is 3.89. The largest absolute Gasteiger partial charge is 0.325 e. The topological polar surface area (TPSA) is 87.3 Å². The van der Waals surface area contributed by atoms with E-state index in [1.165, 1.54) is 12.1 Å². The molecule has 0 saturated heterocycles. The van der Waals surface area contributed by atoms with E-state index in [4.69, 9.17) is 0 Å². The van der Waals surface area contributed by atoms with Gasteiger partial charge < -0.3 is 5.32 Å². The van der Waals surface area contributed by atoms with Crippen molar-refractivity contribution in [2.24, 2.45) is 0 Å². The van der Waals surface area contributed by atoms with E-state index < -0.39 is 16.1 Å². The Morgan fingerprint density at radius 1 is 0.889 bits per heavy atom. The van der Waals surface area contributed by atoms with E-state index >= 15 is 0 Å². The van der Waals surface area contributed by atoms with E-state index in [2.05, 4.69) is 15.4 Å². The fraction of sp³-hybridized carbons (Fsp3) is 0.350. The lowest BCUT2D eigenvalue weighted by atomic mass is 10.1. The molecule has 0 spiro atoms. The number of benzene rings is 2. The monoisotopic (exact) mass is 389 g/mol. The van der Waals surface area contributed by atoms with Gasteiger partial charge in [-0.05, 0) is 57.5 Å². The first-order chi connectivity index (χ1) is 12.7. The third-order valence-electron chi connectivity index (χ3n) is 4.02. The lowest BCUT2D eigenvalue weighted by molar-refractivity contribution is -0.117. The molecule has 0 bridgehead atoms. The van der Waals surface area contributed by atoms with Crippen LogP contribution in [-0.2, 0) is 14.8 Å². The molecule has 0 aromatic heterocycles. The second-order valence-corrected chi connectivity index (χ2v) is 8.52. The second-order valence-electron chi connectivity index (χ2n) is 6.81. The average Bonchev–Trinajstić information content (AvgIpc) is 2.61. The van der Waals surface area contributed by atoms with Gasteiger partial charge in [0, 0.05) is 17.8 Å². The Bertz CT molecular complexity index is 850. The van der Waals surface area contributed by atoms with E-state index in [1.54, 1.807) is 32.9 Å². The molecular weight excluding hydrogens is 362 g/mol. The van der Waals surface area contributed by atoms with Crippen molar-refractivity contribution in [1.29, 1.82) is 0 Å². The van der Waals surface area contributed by atoms with E-state index in [9.17, 15) is 13.2 Å². The number of carbonyl (C=O) groups is 1. The second kappa shape index (κ2) is 9.12. The van der Waals surface area contributed by atoms with Gasteiger partial charge >= 0.3 is 0 Å². The van der Waals surface area contributed by atoms with E-state index in [1.807, 2.05) is 37.3 Å². The van der Waals surface area contributed by atoms with Gasteiger partial charge in [-0.25, -0.2) is 13.1 Å². The Morgan fingerprint density at radius 3 is 2.04 bits per heavy atom. The zero-order valence-electron chi connectivity index (χ0n) is 16.1. The number of amides is 1. The van der Waals surface area contributed by atoms with Crippen LogP contribution in [0.15, 0.2) is 59.5 Å². The zero-order valence-corrected chi connectivity index (χ0v) is 16.9. The molecule has 2 atom stereocenters. The molecule has 2 rings (SSSR count). The Balaban J connectivity index is 1.97. The predicted octanol–water partition coefficient (Wildman–Crippen LogP) is 3.05. The highest BCUT2D eigenvalue weighted by molar-refractivity contribution is 7.89. The van der Waals surface area contributed by atoms with Crippen molar-refractivity contribution in [3.05, 3.63) is 60.2 Å². The summed E-state index contributed by atoms with van der Waals surface area (Å²) in [5, 5.41) is 6.06. The molecule has 0 aliphatic heterocycles. The Kier molecular flexibility index (Phi) is 7.12. The maximum atomic E-state index is 12.4. The molecule has 27 heavy (non-hydrogen) atoms. The van der Waals surface area contributed by atoms with Crippen LogP contribution in [0.25, 0.3) is 0 Å². The van der Waals surface area contributed by atoms with Gasteiger partial charge in [0.2, 0.25) is 15.9 Å². The first-order valence-electron chi connectivity index (χ1n) is 8.93. The van der Waals surface area contributed by atoms with E-state index in [0.29, 0.717) is 5.69 Å². The van der Waals surface area contributed by atoms with Gasteiger partial charge in [0.1, 0.15) is 0 Å². The van der Waals surface area contributed by atoms with Gasteiger partial charge in [-0.15, -0.1) is 0 Å². The van der Waals surface area contributed by atoms with Crippen molar-refractivity contribution in [3.8, 4) is 0 Å². The third-order valence-corrected chi connectivity index (χ3v) is 5.69. The lowest BCUT2D eigenvalue weighted by Gasteiger charge is -2.20. The number of sulfonamides is 1. The van der Waals surface area contributed by atoms with Crippen molar-refractivity contribution < 1.29 is 13.2 Å². The van der Waals surface area contributed by atoms with Gasteiger partial charge in [0.25, 0.3) is 0 Å². The molecule has 0 saturated carbocycles. The van der Waals surface area contributed by atoms with Crippen LogP contribution in [0, 0.1) is 0 Å². The maximum Gasteiger partial charge on any atom is 0.241 e. The van der Waals surface area contributed by atoms with Crippen LogP contribution in [0.1, 0.15) is 39.3 Å². The average molecular weight is 390 g/mol. The molecule has 0 radical (unpaired) electrons. The summed E-state index contributed by atoms with van der Waals surface area (Å²) >= 11 is 0. The van der Waals surface area contributed by atoms with Crippen LogP contribution in [0.4, 0.5) is 5.69 Å². The van der Waals surface area contributed by atoms with Crippen LogP contribution in [0.2, 0.25) is 0 Å². The molecule has 0 aliphatic carbocycles. The molecule has 146 valence electrons. The summed E-state index contributed by atoms with van der Waals surface area (Å²) in [5.41, 5.74) is 1.65. The van der Waals surface area contributed by atoms with Crippen LogP contribution in [-0.4, -0.2) is 26.4 Å². The summed E-state index contributed by atoms with van der Waals surface area (Å²) in [4.78, 5) is 12.6. The quantitative estimate of drug-likeness (QED) is 0.648. The van der Waals surface area contributed by atoms with Gasteiger partial charge in [-0.1, -0.05) is 30.3 Å². The smallest absolute Gasteiger partial charge is 0.241 e. The highest BCUT2D eigenvalue weighted by atomic mass is 32.2. The van der Waals surface area contributed by atoms with Gasteiger partial charge in [-0.2, -0.15) is 0 Å². The molecule has 0 aliphatic rings. The molecule has 0 fully saturated rings. The normalized spacial score (nSPS) is 14.0. The van der Waals surface area contributed by atoms with E-state index in [-0.39, 0.29) is 22.9 Å². The van der Waals surface area contributed by atoms with Crippen molar-refractivity contribution in [2.75, 3.05) is 5.32 Å². The summed E-state index contributed by atoms with van der Waals surface area (Å²) in [7, 11) is -3.54. The lowest BCUT2D eigenvalue weighted by Crippen LogP contribution is -2.39. The summed E-state index contributed by atoms with van der Waals surface area (Å²) in [5.74, 6) is -0.186. The van der Waals surface area contributed by atoms with Gasteiger partial charge in [0.15, 0.2) is 0 Å². The molecule has 6 nitrogen and oxygen atoms in total. The number of hydrogen-bond donors (Lipinski definition) is 3. The summed E-state index contributed by atoms with van der Waals surface area (Å²) in [6, 6.07) is 15.4. The van der Waals surface area contributed by atoms with Crippen molar-refractivity contribution in [2.45, 2.75) is 50.7 Å². The van der Waals surface area contributed by atoms with Crippen LogP contribution in [0.5, 0.6) is 0 Å². The number of hydrogen-bond acceptors (Lipinski definition) is 4. The minimum atomic E-state index is -3.54. The first kappa shape index (κ1) is 21.1. The number of rotatable bonds is 8. The highest BCUT2D eigenvalue weighted by Crippen LogP contribution is 2.16. The summed E-state index contributed by atoms with van der Waals surface area (Å²) < 4.78 is 26.8. The van der Waals surface area contributed by atoms with Crippen LogP contribution < -0.4 is 15.4 Å². The Labute approximate surface area is 161 Å². The van der Waals surface area contributed by atoms with Crippen molar-refractivity contribution >= 4 is 21.6 Å². The molecule has 0 heterocycles. The number of nitrogens with one attached hydrogen (secondary N) is 3. The van der Waals surface area contributed by atoms with E-state index in [0.717, 1.165) is 5.56 Å². The van der Waals surface area contributed by atoms with Crippen molar-refractivity contribution in [1.82, 2.24) is 10.0 Å². The molecule has 2 aromatic rings. The minimum Gasteiger partial charge on any atom is -0.325 e. The molecule has 2 aromatic carbocycles. The molecule has 7 heteroatoms. The van der Waals surface area contributed by atoms with Crippen LogP contribution >= 0.6 is 0 Å².